The molecule has 3 rings (SSSR count). The fourth-order valence-electron chi connectivity index (χ4n) is 2.87. The van der Waals surface area contributed by atoms with Crippen molar-refractivity contribution in [1.29, 1.82) is 0 Å². The standard InChI is InChI=1S/C14H19N3O2/c15-12-8-4-5-9-16(12)13-10-19-14(18)17(13)11-6-2-1-3-7-11/h1-3,6-7,12-13H,4-5,8-10,15H2. The normalized spacial score (nSPS) is 28.5. The van der Waals surface area contributed by atoms with Crippen molar-refractivity contribution in [2.45, 2.75) is 31.6 Å². The topological polar surface area (TPSA) is 58.8 Å². The molecule has 2 fully saturated rings. The van der Waals surface area contributed by atoms with Crippen molar-refractivity contribution < 1.29 is 9.53 Å². The third-order valence-electron chi connectivity index (χ3n) is 3.86. The summed E-state index contributed by atoms with van der Waals surface area (Å²) in [7, 11) is 0. The lowest BCUT2D eigenvalue weighted by Gasteiger charge is -2.39. The molecular formula is C14H19N3O2. The second kappa shape index (κ2) is 5.19. The molecule has 2 heterocycles. The zero-order valence-corrected chi connectivity index (χ0v) is 10.9. The monoisotopic (exact) mass is 261 g/mol. The van der Waals surface area contributed by atoms with E-state index in [9.17, 15) is 4.79 Å². The summed E-state index contributed by atoms with van der Waals surface area (Å²) in [4.78, 5) is 15.9. The molecule has 2 saturated heterocycles. The Morgan fingerprint density at radius 1 is 1.21 bits per heavy atom. The molecule has 5 heteroatoms. The first-order valence-electron chi connectivity index (χ1n) is 6.80. The number of amides is 1. The number of benzene rings is 1. The largest absolute Gasteiger partial charge is 0.445 e. The zero-order valence-electron chi connectivity index (χ0n) is 10.9. The molecule has 0 bridgehead atoms. The number of rotatable bonds is 2. The van der Waals surface area contributed by atoms with E-state index < -0.39 is 0 Å². The molecular weight excluding hydrogens is 242 g/mol. The Kier molecular flexibility index (Phi) is 3.40. The lowest BCUT2D eigenvalue weighted by molar-refractivity contribution is 0.0871. The van der Waals surface area contributed by atoms with Gasteiger partial charge in [0.2, 0.25) is 0 Å². The molecule has 2 unspecified atom stereocenters. The first kappa shape index (κ1) is 12.4. The van der Waals surface area contributed by atoms with E-state index in [2.05, 4.69) is 4.90 Å². The minimum Gasteiger partial charge on any atom is -0.445 e. The van der Waals surface area contributed by atoms with Gasteiger partial charge in [-0.1, -0.05) is 18.2 Å². The number of carbonyl (C=O) groups excluding carboxylic acids is 1. The third kappa shape index (κ3) is 2.31. The van der Waals surface area contributed by atoms with Crippen LogP contribution in [0, 0.1) is 0 Å². The van der Waals surface area contributed by atoms with Gasteiger partial charge in [0.1, 0.15) is 12.8 Å². The average Bonchev–Trinajstić information content (AvgIpc) is 2.82. The van der Waals surface area contributed by atoms with Crippen LogP contribution >= 0.6 is 0 Å². The molecule has 0 aromatic heterocycles. The van der Waals surface area contributed by atoms with Crippen LogP contribution < -0.4 is 10.6 Å². The number of hydrogen-bond donors (Lipinski definition) is 1. The molecule has 5 nitrogen and oxygen atoms in total. The van der Waals surface area contributed by atoms with Gasteiger partial charge in [0.15, 0.2) is 0 Å². The number of nitrogens with zero attached hydrogens (tertiary/aromatic N) is 2. The summed E-state index contributed by atoms with van der Waals surface area (Å²) in [5, 5.41) is 0. The Labute approximate surface area is 112 Å². The molecule has 0 saturated carbocycles. The van der Waals surface area contributed by atoms with E-state index in [0.717, 1.165) is 31.5 Å². The Morgan fingerprint density at radius 3 is 2.74 bits per heavy atom. The van der Waals surface area contributed by atoms with Crippen LogP contribution in [-0.2, 0) is 4.74 Å². The number of para-hydroxylation sites is 1. The molecule has 102 valence electrons. The van der Waals surface area contributed by atoms with E-state index in [1.807, 2.05) is 30.3 Å². The van der Waals surface area contributed by atoms with Gasteiger partial charge in [-0.05, 0) is 31.4 Å². The van der Waals surface area contributed by atoms with E-state index in [4.69, 9.17) is 10.5 Å². The summed E-state index contributed by atoms with van der Waals surface area (Å²) >= 11 is 0. The van der Waals surface area contributed by atoms with E-state index in [1.54, 1.807) is 4.90 Å². The SMILES string of the molecule is NC1CCCCN1C1COC(=O)N1c1ccccc1. The van der Waals surface area contributed by atoms with Crippen molar-refractivity contribution in [3.63, 3.8) is 0 Å². The van der Waals surface area contributed by atoms with Crippen molar-refractivity contribution in [1.82, 2.24) is 4.90 Å². The van der Waals surface area contributed by atoms with Gasteiger partial charge in [-0.2, -0.15) is 0 Å². The highest BCUT2D eigenvalue weighted by Gasteiger charge is 2.40. The molecule has 0 spiro atoms. The van der Waals surface area contributed by atoms with Gasteiger partial charge in [-0.3, -0.25) is 9.80 Å². The minimum absolute atomic E-state index is 0.0134. The van der Waals surface area contributed by atoms with Gasteiger partial charge in [-0.25, -0.2) is 4.79 Å². The number of carbonyl (C=O) groups is 1. The highest BCUT2D eigenvalue weighted by Crippen LogP contribution is 2.27. The fraction of sp³-hybridized carbons (Fsp3) is 0.500. The minimum atomic E-state index is -0.283. The molecule has 2 aliphatic heterocycles. The smallest absolute Gasteiger partial charge is 0.415 e. The average molecular weight is 261 g/mol. The van der Waals surface area contributed by atoms with Crippen LogP contribution in [0.4, 0.5) is 10.5 Å². The number of cyclic esters (lactones) is 1. The first-order valence-corrected chi connectivity index (χ1v) is 6.80. The first-order chi connectivity index (χ1) is 9.27. The summed E-state index contributed by atoms with van der Waals surface area (Å²) in [6.45, 7) is 1.31. The van der Waals surface area contributed by atoms with Crippen LogP contribution in [-0.4, -0.2) is 36.5 Å². The number of piperidine rings is 1. The molecule has 1 aromatic carbocycles. The second-order valence-corrected chi connectivity index (χ2v) is 5.06. The highest BCUT2D eigenvalue weighted by molar-refractivity contribution is 5.90. The van der Waals surface area contributed by atoms with Gasteiger partial charge in [0.25, 0.3) is 0 Å². The van der Waals surface area contributed by atoms with E-state index in [1.165, 1.54) is 0 Å². The maximum atomic E-state index is 12.0. The van der Waals surface area contributed by atoms with Gasteiger partial charge in [0, 0.05) is 12.2 Å². The van der Waals surface area contributed by atoms with Crippen LogP contribution in [0.1, 0.15) is 19.3 Å². The predicted molar refractivity (Wildman–Crippen MR) is 72.6 cm³/mol. The Hall–Kier alpha value is -1.59. The number of likely N-dealkylation sites (tertiary alicyclic amines) is 1. The molecule has 1 amide bonds. The maximum absolute atomic E-state index is 12.0. The van der Waals surface area contributed by atoms with Crippen molar-refractivity contribution in [2.24, 2.45) is 5.73 Å². The summed E-state index contributed by atoms with van der Waals surface area (Å²) in [5.74, 6) is 0. The van der Waals surface area contributed by atoms with Gasteiger partial charge >= 0.3 is 6.09 Å². The molecule has 19 heavy (non-hydrogen) atoms. The van der Waals surface area contributed by atoms with E-state index in [0.29, 0.717) is 6.61 Å². The summed E-state index contributed by atoms with van der Waals surface area (Å²) in [5.41, 5.74) is 7.05. The molecule has 1 aromatic rings. The number of nitrogens with two attached hydrogens (primary N) is 1. The lowest BCUT2D eigenvalue weighted by atomic mass is 10.1. The van der Waals surface area contributed by atoms with E-state index >= 15 is 0 Å². The Morgan fingerprint density at radius 2 is 2.00 bits per heavy atom. The molecule has 2 aliphatic rings. The number of anilines is 1. The maximum Gasteiger partial charge on any atom is 0.415 e. The highest BCUT2D eigenvalue weighted by atomic mass is 16.6. The molecule has 2 atom stereocenters. The van der Waals surface area contributed by atoms with Crippen molar-refractivity contribution >= 4 is 11.8 Å². The van der Waals surface area contributed by atoms with Gasteiger partial charge in [0.05, 0.1) is 6.17 Å². The molecule has 0 aliphatic carbocycles. The predicted octanol–water partition coefficient (Wildman–Crippen LogP) is 1.74. The quantitative estimate of drug-likeness (QED) is 0.881. The van der Waals surface area contributed by atoms with Gasteiger partial charge < -0.3 is 10.5 Å². The lowest BCUT2D eigenvalue weighted by Crippen LogP contribution is -2.56. The summed E-state index contributed by atoms with van der Waals surface area (Å²) < 4.78 is 5.22. The second-order valence-electron chi connectivity index (χ2n) is 5.06. The third-order valence-corrected chi connectivity index (χ3v) is 3.86. The zero-order chi connectivity index (χ0) is 13.2. The van der Waals surface area contributed by atoms with Crippen molar-refractivity contribution in [3.05, 3.63) is 30.3 Å². The fourth-order valence-corrected chi connectivity index (χ4v) is 2.87. The van der Waals surface area contributed by atoms with Gasteiger partial charge in [-0.15, -0.1) is 0 Å². The summed E-state index contributed by atoms with van der Waals surface area (Å²) in [6, 6.07) is 9.64. The van der Waals surface area contributed by atoms with Crippen LogP contribution in [0.2, 0.25) is 0 Å². The van der Waals surface area contributed by atoms with Crippen LogP contribution in [0.25, 0.3) is 0 Å². The Balaban J connectivity index is 1.86. The number of hydrogen-bond acceptors (Lipinski definition) is 4. The molecule has 0 radical (unpaired) electrons. The van der Waals surface area contributed by atoms with Crippen molar-refractivity contribution in [3.8, 4) is 0 Å². The van der Waals surface area contributed by atoms with E-state index in [-0.39, 0.29) is 18.4 Å². The van der Waals surface area contributed by atoms with Crippen LogP contribution in [0.3, 0.4) is 0 Å². The number of ether oxygens (including phenoxy) is 1. The van der Waals surface area contributed by atoms with Crippen LogP contribution in [0.5, 0.6) is 0 Å². The van der Waals surface area contributed by atoms with Crippen molar-refractivity contribution in [2.75, 3.05) is 18.1 Å². The molecule has 2 N–H and O–H groups in total. The Bertz CT molecular complexity index is 451. The summed E-state index contributed by atoms with van der Waals surface area (Å²) in [6.07, 6.45) is 2.91. The van der Waals surface area contributed by atoms with Crippen LogP contribution in [0.15, 0.2) is 30.3 Å².